The highest BCUT2D eigenvalue weighted by Crippen LogP contribution is 2.43. The van der Waals surface area contributed by atoms with E-state index in [1.54, 1.807) is 0 Å². The highest BCUT2D eigenvalue weighted by molar-refractivity contribution is 7.80. The maximum atomic E-state index is 5.92. The molecule has 0 radical (unpaired) electrons. The van der Waals surface area contributed by atoms with Gasteiger partial charge in [0.25, 0.3) is 0 Å². The van der Waals surface area contributed by atoms with Crippen LogP contribution in [-0.4, -0.2) is 17.0 Å². The molecule has 29 heavy (non-hydrogen) atoms. The molecule has 1 atom stereocenters. The molecule has 0 amide bonds. The maximum Gasteiger partial charge on any atom is 0.0996 e. The number of pyridine rings is 1. The highest BCUT2D eigenvalue weighted by Gasteiger charge is 2.43. The Labute approximate surface area is 177 Å². The lowest BCUT2D eigenvalue weighted by atomic mass is 9.70. The summed E-state index contributed by atoms with van der Waals surface area (Å²) in [6, 6.07) is 18.5. The molecule has 5 heteroatoms. The molecule has 2 N–H and O–H groups in total. The molecule has 0 saturated heterocycles. The molecule has 0 aliphatic heterocycles. The van der Waals surface area contributed by atoms with Crippen LogP contribution in [0, 0.1) is 0 Å². The molecule has 1 heterocycles. The average molecular weight is 404 g/mol. The van der Waals surface area contributed by atoms with Crippen LogP contribution in [0.2, 0.25) is 0 Å². The maximum absolute atomic E-state index is 5.92. The zero-order valence-corrected chi connectivity index (χ0v) is 17.3. The van der Waals surface area contributed by atoms with Crippen LogP contribution in [0.3, 0.4) is 0 Å². The van der Waals surface area contributed by atoms with Crippen molar-refractivity contribution in [2.75, 3.05) is 7.05 Å². The van der Waals surface area contributed by atoms with Crippen LogP contribution in [0.15, 0.2) is 78.8 Å². The topological polar surface area (TPSA) is 46.2 Å². The fraction of sp³-hybridized carbons (Fsp3) is 0.250. The fourth-order valence-corrected chi connectivity index (χ4v) is 4.45. The lowest BCUT2D eigenvalue weighted by Gasteiger charge is -2.40. The minimum absolute atomic E-state index is 0.481. The zero-order chi connectivity index (χ0) is 20.1. The van der Waals surface area contributed by atoms with Crippen LogP contribution in [0.5, 0.6) is 0 Å². The molecule has 1 aromatic heterocycles. The van der Waals surface area contributed by atoms with Gasteiger partial charge in [-0.15, -0.1) is 0 Å². The molecule has 0 fully saturated rings. The van der Waals surface area contributed by atoms with E-state index in [9.17, 15) is 0 Å². The monoisotopic (exact) mass is 403 g/mol. The van der Waals surface area contributed by atoms with Gasteiger partial charge in [0, 0.05) is 24.8 Å². The Hall–Kier alpha value is -2.76. The van der Waals surface area contributed by atoms with Crippen molar-refractivity contribution in [3.63, 3.8) is 0 Å². The van der Waals surface area contributed by atoms with Gasteiger partial charge < -0.3 is 5.32 Å². The highest BCUT2D eigenvalue weighted by atomic mass is 32.1. The largest absolute Gasteiger partial charge is 0.382 e. The summed E-state index contributed by atoms with van der Waals surface area (Å²) >= 11 is 5.88. The molecule has 0 saturated carbocycles. The normalized spacial score (nSPS) is 18.9. The number of nitrogens with one attached hydrogen (secondary N) is 2. The molecule has 148 valence electrons. The fourth-order valence-electron chi connectivity index (χ4n) is 4.13. The number of allylic oxidation sites excluding steroid dienone is 1. The van der Waals surface area contributed by atoms with Crippen molar-refractivity contribution < 1.29 is 4.84 Å². The molecule has 1 aliphatic carbocycles. The first-order chi connectivity index (χ1) is 14.3. The summed E-state index contributed by atoms with van der Waals surface area (Å²) in [6.45, 7) is 0.481. The van der Waals surface area contributed by atoms with Gasteiger partial charge >= 0.3 is 0 Å². The summed E-state index contributed by atoms with van der Waals surface area (Å²) in [4.78, 5) is 11.2. The van der Waals surface area contributed by atoms with E-state index < -0.39 is 5.41 Å². The number of rotatable bonds is 6. The Morgan fingerprint density at radius 1 is 1.10 bits per heavy atom. The first-order valence-corrected chi connectivity index (χ1v) is 10.3. The molecule has 2 aromatic carbocycles. The summed E-state index contributed by atoms with van der Waals surface area (Å²) in [5.74, 6) is 0. The summed E-state index contributed by atoms with van der Waals surface area (Å²) < 4.78 is 0. The van der Waals surface area contributed by atoms with Crippen molar-refractivity contribution in [3.8, 4) is 0 Å². The molecule has 4 nitrogen and oxygen atoms in total. The predicted molar refractivity (Wildman–Crippen MR) is 121 cm³/mol. The number of nitrogens with zero attached hydrogens (tertiary/aromatic N) is 1. The van der Waals surface area contributed by atoms with Gasteiger partial charge in [-0.1, -0.05) is 72.9 Å². The first-order valence-electron chi connectivity index (χ1n) is 9.93. The number of hydrogen-bond acceptors (Lipinski definition) is 4. The Bertz CT molecular complexity index is 1030. The van der Waals surface area contributed by atoms with E-state index >= 15 is 0 Å². The van der Waals surface area contributed by atoms with Crippen molar-refractivity contribution in [1.82, 2.24) is 15.8 Å². The van der Waals surface area contributed by atoms with Gasteiger partial charge in [-0.05, 0) is 35.8 Å². The third-order valence-corrected chi connectivity index (χ3v) is 6.12. The summed E-state index contributed by atoms with van der Waals surface area (Å²) in [5.41, 5.74) is 5.96. The summed E-state index contributed by atoms with van der Waals surface area (Å²) in [6.07, 6.45) is 9.00. The molecule has 3 aromatic rings. The Balaban J connectivity index is 1.72. The predicted octanol–water partition coefficient (Wildman–Crippen LogP) is 4.81. The molecular weight excluding hydrogens is 378 g/mol. The van der Waals surface area contributed by atoms with Gasteiger partial charge in [0.15, 0.2) is 0 Å². The quantitative estimate of drug-likeness (QED) is 0.457. The number of aromatic nitrogens is 1. The molecule has 1 aliphatic rings. The molecule has 0 bridgehead atoms. The minimum Gasteiger partial charge on any atom is -0.382 e. The number of fused-ring (bicyclic) bond motifs is 1. The third-order valence-electron chi connectivity index (χ3n) is 5.57. The Kier molecular flexibility index (Phi) is 5.88. The number of hydroxylamine groups is 1. The van der Waals surface area contributed by atoms with Gasteiger partial charge in [0.05, 0.1) is 22.7 Å². The van der Waals surface area contributed by atoms with E-state index in [1.807, 2.05) is 43.7 Å². The summed E-state index contributed by atoms with van der Waals surface area (Å²) in [7, 11) is 1.89. The van der Waals surface area contributed by atoms with Gasteiger partial charge in [-0.2, -0.15) is 0 Å². The van der Waals surface area contributed by atoms with Gasteiger partial charge in [-0.25, -0.2) is 0 Å². The lowest BCUT2D eigenvalue weighted by molar-refractivity contribution is 0.0410. The molecule has 1 unspecified atom stereocenters. The molecular formula is C24H25N3OS. The van der Waals surface area contributed by atoms with Crippen molar-refractivity contribution in [1.29, 1.82) is 0 Å². The molecule has 0 spiro atoms. The van der Waals surface area contributed by atoms with E-state index in [0.717, 1.165) is 51.8 Å². The van der Waals surface area contributed by atoms with Crippen molar-refractivity contribution in [3.05, 3.63) is 89.9 Å². The number of benzene rings is 2. The molecule has 4 rings (SSSR count). The van der Waals surface area contributed by atoms with E-state index in [1.165, 1.54) is 0 Å². The van der Waals surface area contributed by atoms with Crippen molar-refractivity contribution in [2.24, 2.45) is 0 Å². The van der Waals surface area contributed by atoms with Crippen LogP contribution in [0.4, 0.5) is 0 Å². The SMILES string of the molecule is CNC(=S)C1(c2cncc3ccccc23)CCCC=C1NOCc1ccccc1. The van der Waals surface area contributed by atoms with Crippen LogP contribution in [-0.2, 0) is 16.9 Å². The van der Waals surface area contributed by atoms with Crippen molar-refractivity contribution in [2.45, 2.75) is 31.3 Å². The average Bonchev–Trinajstić information content (AvgIpc) is 2.79. The van der Waals surface area contributed by atoms with E-state index in [0.29, 0.717) is 6.61 Å². The van der Waals surface area contributed by atoms with Crippen LogP contribution < -0.4 is 10.8 Å². The third kappa shape index (κ3) is 3.76. The second-order valence-corrected chi connectivity index (χ2v) is 7.69. The van der Waals surface area contributed by atoms with Crippen LogP contribution in [0.25, 0.3) is 10.8 Å². The smallest absolute Gasteiger partial charge is 0.0996 e. The van der Waals surface area contributed by atoms with Gasteiger partial charge in [-0.3, -0.25) is 15.3 Å². The van der Waals surface area contributed by atoms with E-state index in [4.69, 9.17) is 17.1 Å². The zero-order valence-electron chi connectivity index (χ0n) is 16.5. The lowest BCUT2D eigenvalue weighted by Crippen LogP contribution is -2.48. The minimum atomic E-state index is -0.493. The van der Waals surface area contributed by atoms with E-state index in [2.05, 4.69) is 52.2 Å². The van der Waals surface area contributed by atoms with Gasteiger partial charge in [0.1, 0.15) is 0 Å². The second-order valence-electron chi connectivity index (χ2n) is 7.28. The summed E-state index contributed by atoms with van der Waals surface area (Å²) in [5, 5.41) is 5.52. The Morgan fingerprint density at radius 2 is 1.90 bits per heavy atom. The van der Waals surface area contributed by atoms with Crippen molar-refractivity contribution >= 4 is 28.0 Å². The second kappa shape index (κ2) is 8.72. The number of thiocarbonyl (C=S) groups is 1. The Morgan fingerprint density at radius 3 is 2.72 bits per heavy atom. The van der Waals surface area contributed by atoms with Gasteiger partial charge in [0.2, 0.25) is 0 Å². The van der Waals surface area contributed by atoms with E-state index in [-0.39, 0.29) is 0 Å². The number of likely N-dealkylation sites (N-methyl/N-ethyl adjacent to an activating group) is 1. The first kappa shape index (κ1) is 19.6. The van der Waals surface area contributed by atoms with Crippen LogP contribution in [0.1, 0.15) is 30.4 Å². The standard InChI is InChI=1S/C24H25N3OS/c1-25-23(29)24(21-16-26-15-19-11-5-6-12-20(19)21)14-8-7-13-22(24)27-28-17-18-9-3-2-4-10-18/h2-6,9-13,15-16,27H,7-8,14,17H2,1H3,(H,25,29). The number of hydrogen-bond donors (Lipinski definition) is 2. The van der Waals surface area contributed by atoms with Crippen LogP contribution >= 0.6 is 12.2 Å².